The lowest BCUT2D eigenvalue weighted by atomic mass is 10.2. The second-order valence-electron chi connectivity index (χ2n) is 4.15. The van der Waals surface area contributed by atoms with Crippen LogP contribution in [0.5, 0.6) is 11.5 Å². The van der Waals surface area contributed by atoms with Crippen molar-refractivity contribution in [2.75, 3.05) is 0 Å². The monoisotopic (exact) mass is 274 g/mol. The Morgan fingerprint density at radius 2 is 1.89 bits per heavy atom. The molecule has 1 heterocycles. The molecule has 0 unspecified atom stereocenters. The minimum absolute atomic E-state index is 0.279. The van der Waals surface area contributed by atoms with E-state index in [1.807, 2.05) is 18.2 Å². The number of thiophene rings is 1. The molecule has 0 aliphatic rings. The number of ether oxygens (including phenoxy) is 1. The Kier molecular flexibility index (Phi) is 3.09. The van der Waals surface area contributed by atoms with E-state index in [1.165, 1.54) is 23.5 Å². The molecule has 3 rings (SSSR count). The fraction of sp³-hybridized carbons (Fsp3) is 0.0667. The average Bonchev–Trinajstić information content (AvgIpc) is 2.83. The van der Waals surface area contributed by atoms with E-state index in [0.717, 1.165) is 15.0 Å². The SMILES string of the molecule is Oc1cccc2cc(COc3ccc(F)cc3)sc12. The standard InChI is InChI=1S/C15H11FO2S/c16-11-4-6-12(7-5-11)18-9-13-8-10-2-1-3-14(17)15(10)19-13/h1-8,17H,9H2. The van der Waals surface area contributed by atoms with Crippen molar-refractivity contribution in [1.82, 2.24) is 0 Å². The molecular weight excluding hydrogens is 263 g/mol. The lowest BCUT2D eigenvalue weighted by Crippen LogP contribution is -1.92. The van der Waals surface area contributed by atoms with Crippen molar-refractivity contribution in [2.24, 2.45) is 0 Å². The summed E-state index contributed by atoms with van der Waals surface area (Å²) in [6, 6.07) is 13.4. The van der Waals surface area contributed by atoms with Gasteiger partial charge in [0.2, 0.25) is 0 Å². The van der Waals surface area contributed by atoms with Gasteiger partial charge in [0.1, 0.15) is 23.9 Å². The topological polar surface area (TPSA) is 29.5 Å². The number of phenols is 1. The highest BCUT2D eigenvalue weighted by Crippen LogP contribution is 2.33. The van der Waals surface area contributed by atoms with E-state index in [9.17, 15) is 9.50 Å². The first-order valence-electron chi connectivity index (χ1n) is 5.81. The number of rotatable bonds is 3. The maximum absolute atomic E-state index is 12.8. The van der Waals surface area contributed by atoms with Crippen LogP contribution in [0, 0.1) is 5.82 Å². The smallest absolute Gasteiger partial charge is 0.133 e. The molecule has 3 aromatic rings. The predicted molar refractivity (Wildman–Crippen MR) is 74.2 cm³/mol. The Balaban J connectivity index is 1.78. The highest BCUT2D eigenvalue weighted by Gasteiger charge is 2.06. The summed E-state index contributed by atoms with van der Waals surface area (Å²) in [5, 5.41) is 10.7. The van der Waals surface area contributed by atoms with E-state index in [2.05, 4.69) is 0 Å². The van der Waals surface area contributed by atoms with Gasteiger partial charge in [0.15, 0.2) is 0 Å². The first-order chi connectivity index (χ1) is 9.22. The minimum atomic E-state index is -0.279. The lowest BCUT2D eigenvalue weighted by molar-refractivity contribution is 0.309. The second-order valence-corrected chi connectivity index (χ2v) is 5.29. The molecule has 0 atom stereocenters. The largest absolute Gasteiger partial charge is 0.506 e. The summed E-state index contributed by atoms with van der Waals surface area (Å²) in [6.45, 7) is 0.407. The Bertz CT molecular complexity index is 704. The third-order valence-corrected chi connectivity index (χ3v) is 3.92. The van der Waals surface area contributed by atoms with Gasteiger partial charge in [-0.15, -0.1) is 11.3 Å². The van der Waals surface area contributed by atoms with Gasteiger partial charge >= 0.3 is 0 Å². The first-order valence-corrected chi connectivity index (χ1v) is 6.63. The highest BCUT2D eigenvalue weighted by atomic mass is 32.1. The Labute approximate surface area is 113 Å². The molecule has 0 spiro atoms. The van der Waals surface area contributed by atoms with E-state index in [4.69, 9.17) is 4.74 Å². The third-order valence-electron chi connectivity index (χ3n) is 2.77. The van der Waals surface area contributed by atoms with E-state index in [1.54, 1.807) is 18.2 Å². The minimum Gasteiger partial charge on any atom is -0.506 e. The van der Waals surface area contributed by atoms with Crippen LogP contribution in [0.15, 0.2) is 48.5 Å². The fourth-order valence-electron chi connectivity index (χ4n) is 1.86. The molecule has 1 aromatic heterocycles. The van der Waals surface area contributed by atoms with Gasteiger partial charge in [-0.05, 0) is 41.8 Å². The van der Waals surface area contributed by atoms with Crippen molar-refractivity contribution >= 4 is 21.4 Å². The summed E-state index contributed by atoms with van der Waals surface area (Å²) >= 11 is 1.50. The molecule has 0 radical (unpaired) electrons. The number of benzene rings is 2. The maximum atomic E-state index is 12.8. The molecule has 1 N–H and O–H groups in total. The zero-order valence-corrected chi connectivity index (χ0v) is 10.8. The van der Waals surface area contributed by atoms with E-state index >= 15 is 0 Å². The van der Waals surface area contributed by atoms with Gasteiger partial charge in [-0.2, -0.15) is 0 Å². The van der Waals surface area contributed by atoms with Gasteiger partial charge < -0.3 is 9.84 Å². The molecule has 0 saturated heterocycles. The summed E-state index contributed by atoms with van der Waals surface area (Å²) in [7, 11) is 0. The fourth-order valence-corrected chi connectivity index (χ4v) is 2.84. The van der Waals surface area contributed by atoms with Crippen LogP contribution in [0.4, 0.5) is 4.39 Å². The number of aromatic hydroxyl groups is 1. The van der Waals surface area contributed by atoms with E-state index in [0.29, 0.717) is 12.4 Å². The molecule has 0 aliphatic carbocycles. The van der Waals surface area contributed by atoms with Crippen molar-refractivity contribution in [2.45, 2.75) is 6.61 Å². The number of phenolic OH excluding ortho intramolecular Hbond substituents is 1. The van der Waals surface area contributed by atoms with Crippen LogP contribution in [-0.2, 0) is 6.61 Å². The molecule has 0 amide bonds. The number of hydrogen-bond donors (Lipinski definition) is 1. The molecule has 2 nitrogen and oxygen atoms in total. The van der Waals surface area contributed by atoms with Crippen molar-refractivity contribution in [3.05, 3.63) is 59.2 Å². The zero-order valence-electron chi connectivity index (χ0n) is 9.97. The van der Waals surface area contributed by atoms with Gasteiger partial charge in [0, 0.05) is 4.88 Å². The van der Waals surface area contributed by atoms with E-state index in [-0.39, 0.29) is 11.6 Å². The molecule has 0 aliphatic heterocycles. The highest BCUT2D eigenvalue weighted by molar-refractivity contribution is 7.19. The molecule has 0 bridgehead atoms. The predicted octanol–water partition coefficient (Wildman–Crippen LogP) is 4.33. The molecule has 4 heteroatoms. The summed E-state index contributed by atoms with van der Waals surface area (Å²) in [5.74, 6) is 0.637. The molecule has 96 valence electrons. The summed E-state index contributed by atoms with van der Waals surface area (Å²) in [4.78, 5) is 1.01. The van der Waals surface area contributed by atoms with Crippen molar-refractivity contribution < 1.29 is 14.2 Å². The average molecular weight is 274 g/mol. The maximum Gasteiger partial charge on any atom is 0.133 e. The first kappa shape index (κ1) is 12.0. The molecule has 19 heavy (non-hydrogen) atoms. The normalized spacial score (nSPS) is 10.8. The van der Waals surface area contributed by atoms with Gasteiger partial charge in [-0.3, -0.25) is 0 Å². The van der Waals surface area contributed by atoms with Crippen LogP contribution in [0.25, 0.3) is 10.1 Å². The molecule has 2 aromatic carbocycles. The molecule has 0 fully saturated rings. The number of halogens is 1. The van der Waals surface area contributed by atoms with E-state index < -0.39 is 0 Å². The van der Waals surface area contributed by atoms with Crippen molar-refractivity contribution in [3.63, 3.8) is 0 Å². The van der Waals surface area contributed by atoms with Gasteiger partial charge in [-0.1, -0.05) is 12.1 Å². The van der Waals surface area contributed by atoms with Gasteiger partial charge in [-0.25, -0.2) is 4.39 Å². The van der Waals surface area contributed by atoms with Crippen LogP contribution >= 0.6 is 11.3 Å². The summed E-state index contributed by atoms with van der Waals surface area (Å²) in [6.07, 6.45) is 0. The van der Waals surface area contributed by atoms with Crippen molar-refractivity contribution in [3.8, 4) is 11.5 Å². The summed E-state index contributed by atoms with van der Waals surface area (Å²) < 4.78 is 19.2. The number of fused-ring (bicyclic) bond motifs is 1. The van der Waals surface area contributed by atoms with Crippen LogP contribution in [-0.4, -0.2) is 5.11 Å². The lowest BCUT2D eigenvalue weighted by Gasteiger charge is -2.03. The van der Waals surface area contributed by atoms with Crippen LogP contribution in [0.3, 0.4) is 0 Å². The van der Waals surface area contributed by atoms with Crippen LogP contribution in [0.1, 0.15) is 4.88 Å². The molecule has 0 saturated carbocycles. The zero-order chi connectivity index (χ0) is 13.2. The quantitative estimate of drug-likeness (QED) is 0.770. The Hall–Kier alpha value is -2.07. The summed E-state index contributed by atoms with van der Waals surface area (Å²) in [5.41, 5.74) is 0. The van der Waals surface area contributed by atoms with Crippen molar-refractivity contribution in [1.29, 1.82) is 0 Å². The van der Waals surface area contributed by atoms with Crippen LogP contribution in [0.2, 0.25) is 0 Å². The second kappa shape index (κ2) is 4.90. The van der Waals surface area contributed by atoms with Gasteiger partial charge in [0.05, 0.1) is 4.70 Å². The third kappa shape index (κ3) is 2.53. The Morgan fingerprint density at radius 1 is 1.11 bits per heavy atom. The van der Waals surface area contributed by atoms with Crippen LogP contribution < -0.4 is 4.74 Å². The number of hydrogen-bond acceptors (Lipinski definition) is 3. The Morgan fingerprint density at radius 3 is 2.63 bits per heavy atom. The van der Waals surface area contributed by atoms with Gasteiger partial charge in [0.25, 0.3) is 0 Å². The molecular formula is C15H11FO2S.